The number of para-hydroxylation sites is 1. The van der Waals surface area contributed by atoms with Crippen molar-refractivity contribution < 1.29 is 4.79 Å². The van der Waals surface area contributed by atoms with E-state index >= 15 is 0 Å². The van der Waals surface area contributed by atoms with Gasteiger partial charge in [0.15, 0.2) is 0 Å². The van der Waals surface area contributed by atoms with Crippen LogP contribution >= 0.6 is 0 Å². The molecule has 1 aromatic carbocycles. The lowest BCUT2D eigenvalue weighted by molar-refractivity contribution is -0.121. The first-order valence-electron chi connectivity index (χ1n) is 6.06. The lowest BCUT2D eigenvalue weighted by Gasteiger charge is -2.36. The third-order valence-electron chi connectivity index (χ3n) is 3.09. The highest BCUT2D eigenvalue weighted by molar-refractivity contribution is 5.99. The summed E-state index contributed by atoms with van der Waals surface area (Å²) >= 11 is 0. The molecule has 1 aromatic rings. The second-order valence-electron chi connectivity index (χ2n) is 5.58. The van der Waals surface area contributed by atoms with Crippen molar-refractivity contribution in [2.75, 3.05) is 4.90 Å². The molecule has 0 bridgehead atoms. The van der Waals surface area contributed by atoms with Gasteiger partial charge in [0.1, 0.15) is 0 Å². The Balaban J connectivity index is 2.55. The lowest BCUT2D eigenvalue weighted by Crippen LogP contribution is -2.51. The Kier molecular flexibility index (Phi) is 2.96. The predicted octanol–water partition coefficient (Wildman–Crippen LogP) is 2.31. The van der Waals surface area contributed by atoms with Crippen LogP contribution in [-0.2, 0) is 11.3 Å². The number of nitrogens with one attached hydrogen (secondary N) is 1. The maximum Gasteiger partial charge on any atom is 0.244 e. The van der Waals surface area contributed by atoms with E-state index in [-0.39, 0.29) is 17.5 Å². The molecule has 0 aromatic heterocycles. The predicted molar refractivity (Wildman–Crippen MR) is 70.0 cm³/mol. The van der Waals surface area contributed by atoms with Crippen molar-refractivity contribution in [2.24, 2.45) is 0 Å². The summed E-state index contributed by atoms with van der Waals surface area (Å²) in [7, 11) is 0. The van der Waals surface area contributed by atoms with Gasteiger partial charge in [-0.25, -0.2) is 0 Å². The molecule has 0 saturated carbocycles. The highest BCUT2D eigenvalue weighted by Gasteiger charge is 2.34. The number of benzene rings is 1. The molecule has 1 aliphatic heterocycles. The van der Waals surface area contributed by atoms with Crippen molar-refractivity contribution in [2.45, 2.75) is 45.8 Å². The molecular formula is C14H20N2O. The number of amides is 1. The van der Waals surface area contributed by atoms with Gasteiger partial charge in [0.25, 0.3) is 0 Å². The third-order valence-corrected chi connectivity index (χ3v) is 3.09. The van der Waals surface area contributed by atoms with Crippen LogP contribution < -0.4 is 10.2 Å². The van der Waals surface area contributed by atoms with E-state index in [0.29, 0.717) is 0 Å². The summed E-state index contributed by atoms with van der Waals surface area (Å²) in [6.45, 7) is 8.88. The van der Waals surface area contributed by atoms with Crippen molar-refractivity contribution in [3.63, 3.8) is 0 Å². The van der Waals surface area contributed by atoms with Crippen molar-refractivity contribution in [1.29, 1.82) is 0 Å². The van der Waals surface area contributed by atoms with E-state index in [1.807, 2.05) is 30.0 Å². The van der Waals surface area contributed by atoms with Gasteiger partial charge in [-0.15, -0.1) is 0 Å². The number of rotatable bonds is 0. The zero-order valence-corrected chi connectivity index (χ0v) is 10.9. The molecule has 0 radical (unpaired) electrons. The molecule has 1 atom stereocenters. The topological polar surface area (TPSA) is 32.3 Å². The average Bonchev–Trinajstić information content (AvgIpc) is 2.37. The number of hydrogen-bond acceptors (Lipinski definition) is 2. The zero-order valence-electron chi connectivity index (χ0n) is 10.9. The van der Waals surface area contributed by atoms with Crippen LogP contribution in [0, 0.1) is 0 Å². The molecule has 0 saturated heterocycles. The van der Waals surface area contributed by atoms with Crippen LogP contribution in [0.4, 0.5) is 5.69 Å². The van der Waals surface area contributed by atoms with Gasteiger partial charge in [-0.05, 0) is 39.3 Å². The second-order valence-corrected chi connectivity index (χ2v) is 5.58. The van der Waals surface area contributed by atoms with E-state index < -0.39 is 0 Å². The van der Waals surface area contributed by atoms with Gasteiger partial charge in [-0.1, -0.05) is 18.2 Å². The molecule has 0 fully saturated rings. The van der Waals surface area contributed by atoms with Crippen LogP contribution in [0.5, 0.6) is 0 Å². The minimum Gasteiger partial charge on any atom is -0.305 e. The quantitative estimate of drug-likeness (QED) is 0.744. The Labute approximate surface area is 103 Å². The normalized spacial score (nSPS) is 21.1. The van der Waals surface area contributed by atoms with E-state index in [4.69, 9.17) is 0 Å². The molecule has 1 N–H and O–H groups in total. The van der Waals surface area contributed by atoms with Gasteiger partial charge < -0.3 is 10.2 Å². The summed E-state index contributed by atoms with van der Waals surface area (Å²) in [5, 5.41) is 3.26. The van der Waals surface area contributed by atoms with Crippen molar-refractivity contribution >= 4 is 11.6 Å². The summed E-state index contributed by atoms with van der Waals surface area (Å²) in [6, 6.07) is 7.97. The molecule has 0 aliphatic carbocycles. The van der Waals surface area contributed by atoms with E-state index in [2.05, 4.69) is 32.2 Å². The maximum atomic E-state index is 12.4. The summed E-state index contributed by atoms with van der Waals surface area (Å²) in [5.74, 6) is 0.141. The van der Waals surface area contributed by atoms with Crippen molar-refractivity contribution in [3.8, 4) is 0 Å². The van der Waals surface area contributed by atoms with Gasteiger partial charge in [-0.2, -0.15) is 0 Å². The fraction of sp³-hybridized carbons (Fsp3) is 0.500. The van der Waals surface area contributed by atoms with Gasteiger partial charge >= 0.3 is 0 Å². The Bertz CT molecular complexity index is 434. The summed E-state index contributed by atoms with van der Waals surface area (Å²) in [4.78, 5) is 14.3. The molecular weight excluding hydrogens is 212 g/mol. The molecule has 92 valence electrons. The van der Waals surface area contributed by atoms with Gasteiger partial charge in [-0.3, -0.25) is 4.79 Å². The van der Waals surface area contributed by atoms with E-state index in [9.17, 15) is 4.79 Å². The van der Waals surface area contributed by atoms with Gasteiger partial charge in [0, 0.05) is 17.8 Å². The van der Waals surface area contributed by atoms with Crippen LogP contribution in [-0.4, -0.2) is 17.5 Å². The fourth-order valence-electron chi connectivity index (χ4n) is 2.23. The monoisotopic (exact) mass is 232 g/mol. The average molecular weight is 232 g/mol. The Morgan fingerprint density at radius 3 is 2.59 bits per heavy atom. The smallest absolute Gasteiger partial charge is 0.244 e. The van der Waals surface area contributed by atoms with Crippen molar-refractivity contribution in [1.82, 2.24) is 5.32 Å². The highest BCUT2D eigenvalue weighted by Crippen LogP contribution is 2.30. The molecule has 3 nitrogen and oxygen atoms in total. The van der Waals surface area contributed by atoms with E-state index in [0.717, 1.165) is 12.2 Å². The van der Waals surface area contributed by atoms with Crippen LogP contribution in [0.15, 0.2) is 24.3 Å². The zero-order chi connectivity index (χ0) is 12.6. The number of nitrogens with zero attached hydrogens (tertiary/aromatic N) is 1. The molecule has 1 amide bonds. The minimum absolute atomic E-state index is 0.137. The number of anilines is 1. The van der Waals surface area contributed by atoms with Crippen molar-refractivity contribution in [3.05, 3.63) is 29.8 Å². The Morgan fingerprint density at radius 2 is 1.94 bits per heavy atom. The summed E-state index contributed by atoms with van der Waals surface area (Å²) < 4.78 is 0. The van der Waals surface area contributed by atoms with Crippen LogP contribution in [0.3, 0.4) is 0 Å². The van der Waals surface area contributed by atoms with Gasteiger partial charge in [0.2, 0.25) is 5.91 Å². The Hall–Kier alpha value is -1.35. The summed E-state index contributed by atoms with van der Waals surface area (Å²) in [6.07, 6.45) is 0. The summed E-state index contributed by atoms with van der Waals surface area (Å²) in [5.41, 5.74) is 2.01. The molecule has 1 unspecified atom stereocenters. The van der Waals surface area contributed by atoms with Crippen LogP contribution in [0.1, 0.15) is 33.3 Å². The standard InChI is InChI=1S/C14H20N2O/c1-10-13(17)16(14(2,3)4)12-8-6-5-7-11(12)9-15-10/h5-8,10,15H,9H2,1-4H3. The molecule has 1 aliphatic rings. The number of carbonyl (C=O) groups is 1. The maximum absolute atomic E-state index is 12.4. The van der Waals surface area contributed by atoms with Gasteiger partial charge in [0.05, 0.1) is 6.04 Å². The first-order chi connectivity index (χ1) is 7.91. The molecule has 0 spiro atoms. The van der Waals surface area contributed by atoms with Crippen LogP contribution in [0.2, 0.25) is 0 Å². The SMILES string of the molecule is CC1NCc2ccccc2N(C(C)(C)C)C1=O. The van der Waals surface area contributed by atoms with E-state index in [1.165, 1.54) is 5.56 Å². The molecule has 3 heteroatoms. The number of hydrogen-bond donors (Lipinski definition) is 1. The fourth-order valence-corrected chi connectivity index (χ4v) is 2.23. The Morgan fingerprint density at radius 1 is 1.29 bits per heavy atom. The third kappa shape index (κ3) is 2.20. The minimum atomic E-state index is -0.201. The first-order valence-corrected chi connectivity index (χ1v) is 6.06. The van der Waals surface area contributed by atoms with E-state index in [1.54, 1.807) is 0 Å². The van der Waals surface area contributed by atoms with Crippen LogP contribution in [0.25, 0.3) is 0 Å². The largest absolute Gasteiger partial charge is 0.305 e. The lowest BCUT2D eigenvalue weighted by atomic mass is 10.0. The molecule has 2 rings (SSSR count). The highest BCUT2D eigenvalue weighted by atomic mass is 16.2. The number of carbonyl (C=O) groups excluding carboxylic acids is 1. The molecule has 1 heterocycles. The molecule has 17 heavy (non-hydrogen) atoms. The first kappa shape index (κ1) is 12.1. The second kappa shape index (κ2) is 4.15. The number of fused-ring (bicyclic) bond motifs is 1.